The highest BCUT2D eigenvalue weighted by molar-refractivity contribution is 5.91. The molecule has 0 spiro atoms. The molecule has 1 aromatic heterocycles. The maximum absolute atomic E-state index is 14.3. The quantitative estimate of drug-likeness (QED) is 0.474. The van der Waals surface area contributed by atoms with E-state index in [0.29, 0.717) is 0 Å². The minimum atomic E-state index is -5.08. The van der Waals surface area contributed by atoms with Crippen molar-refractivity contribution < 1.29 is 32.2 Å². The number of phenols is 1. The molecule has 170 valence electrons. The molecular formula is C22H20F5N3O2. The van der Waals surface area contributed by atoms with Crippen LogP contribution in [0.15, 0.2) is 30.5 Å². The van der Waals surface area contributed by atoms with Crippen LogP contribution in [0.4, 0.5) is 27.6 Å². The normalized spacial score (nSPS) is 22.6. The molecule has 3 N–H and O–H groups in total. The molecule has 0 bridgehead atoms. The van der Waals surface area contributed by atoms with Crippen molar-refractivity contribution in [3.8, 4) is 5.75 Å². The number of nitrogens with zero attached hydrogens (tertiary/aromatic N) is 2. The van der Waals surface area contributed by atoms with Crippen molar-refractivity contribution in [2.24, 2.45) is 0 Å². The number of nitrogens with one attached hydrogen (secondary N) is 1. The maximum atomic E-state index is 14.3. The van der Waals surface area contributed by atoms with Gasteiger partial charge in [0.05, 0.1) is 6.04 Å². The molecule has 0 unspecified atom stereocenters. The van der Waals surface area contributed by atoms with Crippen molar-refractivity contribution in [3.63, 3.8) is 0 Å². The first kappa shape index (κ1) is 22.2. The highest BCUT2D eigenvalue weighted by Gasteiger charge is 2.64. The third-order valence-corrected chi connectivity index (χ3v) is 5.95. The van der Waals surface area contributed by atoms with E-state index in [1.165, 1.54) is 33.0 Å². The van der Waals surface area contributed by atoms with Gasteiger partial charge in [0.2, 0.25) is 0 Å². The summed E-state index contributed by atoms with van der Waals surface area (Å²) in [7, 11) is 0. The van der Waals surface area contributed by atoms with Gasteiger partial charge >= 0.3 is 6.18 Å². The average Bonchev–Trinajstić information content (AvgIpc) is 2.67. The minimum Gasteiger partial charge on any atom is -0.505 e. The predicted molar refractivity (Wildman–Crippen MR) is 107 cm³/mol. The van der Waals surface area contributed by atoms with Crippen LogP contribution < -0.4 is 5.32 Å². The third-order valence-electron chi connectivity index (χ3n) is 5.95. The number of fused-ring (bicyclic) bond motifs is 2. The van der Waals surface area contributed by atoms with Crippen molar-refractivity contribution in [1.82, 2.24) is 9.97 Å². The van der Waals surface area contributed by atoms with Crippen molar-refractivity contribution in [2.45, 2.75) is 50.4 Å². The molecule has 1 heterocycles. The number of anilines is 1. The second-order valence-corrected chi connectivity index (χ2v) is 8.69. The lowest BCUT2D eigenvalue weighted by atomic mass is 9.63. The number of aryl methyl sites for hydroxylation is 1. The van der Waals surface area contributed by atoms with Crippen molar-refractivity contribution >= 4 is 16.6 Å². The molecule has 32 heavy (non-hydrogen) atoms. The highest BCUT2D eigenvalue weighted by atomic mass is 19.4. The molecule has 0 amide bonds. The molecule has 0 aliphatic heterocycles. The highest BCUT2D eigenvalue weighted by Crippen LogP contribution is 2.56. The second-order valence-electron chi connectivity index (χ2n) is 8.69. The fraction of sp³-hybridized carbons (Fsp3) is 0.364. The van der Waals surface area contributed by atoms with Gasteiger partial charge in [-0.1, -0.05) is 19.9 Å². The van der Waals surface area contributed by atoms with Crippen LogP contribution in [0.1, 0.15) is 43.3 Å². The van der Waals surface area contributed by atoms with Gasteiger partial charge in [0.15, 0.2) is 17.2 Å². The number of hydrogen-bond donors (Lipinski definition) is 3. The Bertz CT molecular complexity index is 1230. The summed E-state index contributed by atoms with van der Waals surface area (Å²) in [6.07, 6.45) is -4.65. The molecule has 1 aliphatic carbocycles. The molecule has 0 fully saturated rings. The zero-order valence-electron chi connectivity index (χ0n) is 17.3. The van der Waals surface area contributed by atoms with Crippen molar-refractivity contribution in [2.75, 3.05) is 5.32 Å². The lowest BCUT2D eigenvalue weighted by Gasteiger charge is -2.49. The van der Waals surface area contributed by atoms with Crippen molar-refractivity contribution in [3.05, 3.63) is 59.0 Å². The third kappa shape index (κ3) is 3.24. The van der Waals surface area contributed by atoms with E-state index in [2.05, 4.69) is 15.3 Å². The van der Waals surface area contributed by atoms with Gasteiger partial charge in [-0.2, -0.15) is 13.2 Å². The van der Waals surface area contributed by atoms with Gasteiger partial charge in [-0.25, -0.2) is 18.7 Å². The molecule has 1 aliphatic rings. The number of alkyl halides is 3. The van der Waals surface area contributed by atoms with Gasteiger partial charge < -0.3 is 15.5 Å². The summed E-state index contributed by atoms with van der Waals surface area (Å²) < 4.78 is 71.0. The molecule has 2 atom stereocenters. The van der Waals surface area contributed by atoms with E-state index in [1.807, 2.05) is 0 Å². The molecule has 2 aromatic carbocycles. The second kappa shape index (κ2) is 6.99. The summed E-state index contributed by atoms with van der Waals surface area (Å²) in [6.45, 7) is 4.32. The minimum absolute atomic E-state index is 0.0394. The number of halogens is 5. The Labute approximate surface area is 179 Å². The molecule has 0 saturated carbocycles. The number of benzene rings is 2. The summed E-state index contributed by atoms with van der Waals surface area (Å²) >= 11 is 0. The van der Waals surface area contributed by atoms with E-state index in [9.17, 15) is 32.2 Å². The molecular weight excluding hydrogens is 433 g/mol. The number of aliphatic hydroxyl groups is 1. The van der Waals surface area contributed by atoms with E-state index in [4.69, 9.17) is 0 Å². The fourth-order valence-corrected chi connectivity index (χ4v) is 4.57. The van der Waals surface area contributed by atoms with Crippen LogP contribution in [0.2, 0.25) is 0 Å². The first-order valence-corrected chi connectivity index (χ1v) is 9.75. The average molecular weight is 453 g/mol. The predicted octanol–water partition coefficient (Wildman–Crippen LogP) is 5.05. The Morgan fingerprint density at radius 2 is 1.75 bits per heavy atom. The van der Waals surface area contributed by atoms with Gasteiger partial charge in [0.1, 0.15) is 17.2 Å². The zero-order chi connectivity index (χ0) is 23.6. The van der Waals surface area contributed by atoms with E-state index in [1.54, 1.807) is 0 Å². The van der Waals surface area contributed by atoms with Crippen LogP contribution in [0.3, 0.4) is 0 Å². The Balaban J connectivity index is 1.97. The molecule has 4 rings (SSSR count). The molecule has 5 nitrogen and oxygen atoms in total. The van der Waals surface area contributed by atoms with Crippen LogP contribution >= 0.6 is 0 Å². The van der Waals surface area contributed by atoms with Crippen LogP contribution in [0, 0.1) is 18.6 Å². The topological polar surface area (TPSA) is 78.3 Å². The van der Waals surface area contributed by atoms with Crippen molar-refractivity contribution in [1.29, 1.82) is 0 Å². The monoisotopic (exact) mass is 453 g/mol. The van der Waals surface area contributed by atoms with Gasteiger partial charge in [-0.15, -0.1) is 0 Å². The van der Waals surface area contributed by atoms with Gasteiger partial charge in [0, 0.05) is 22.8 Å². The van der Waals surface area contributed by atoms with Crippen LogP contribution in [-0.2, 0) is 5.41 Å². The summed E-state index contributed by atoms with van der Waals surface area (Å²) in [6, 6.07) is 2.38. The Morgan fingerprint density at radius 1 is 1.09 bits per heavy atom. The maximum Gasteiger partial charge on any atom is 0.419 e. The number of aromatic hydroxyl groups is 1. The summed E-state index contributed by atoms with van der Waals surface area (Å²) in [5, 5.41) is 24.1. The van der Waals surface area contributed by atoms with Gasteiger partial charge in [-0.05, 0) is 42.5 Å². The zero-order valence-corrected chi connectivity index (χ0v) is 17.3. The number of phenolic OH excluding ortho intramolecular Hbond substituents is 1. The van der Waals surface area contributed by atoms with E-state index < -0.39 is 47.0 Å². The number of rotatable bonds is 2. The van der Waals surface area contributed by atoms with Gasteiger partial charge in [0.25, 0.3) is 0 Å². The lowest BCUT2D eigenvalue weighted by Crippen LogP contribution is -2.58. The summed E-state index contributed by atoms with van der Waals surface area (Å²) in [5.74, 6) is -2.17. The molecule has 10 heteroatoms. The van der Waals surface area contributed by atoms with Gasteiger partial charge in [-0.3, -0.25) is 0 Å². The van der Waals surface area contributed by atoms with Crippen LogP contribution in [-0.4, -0.2) is 32.0 Å². The molecule has 0 saturated heterocycles. The number of aromatic nitrogens is 2. The Morgan fingerprint density at radius 3 is 2.41 bits per heavy atom. The fourth-order valence-electron chi connectivity index (χ4n) is 4.57. The number of hydrogen-bond acceptors (Lipinski definition) is 5. The van der Waals surface area contributed by atoms with Crippen LogP contribution in [0.25, 0.3) is 10.9 Å². The summed E-state index contributed by atoms with van der Waals surface area (Å²) in [5.41, 5.74) is -4.90. The standard InChI is InChI=1S/C22H20F5N3O2/c1-10-28-8-12-15(7-6-13(23)17(12)29-10)30-19-11-4-5-14(24)18(31)16(11)20(2,3)9-21(19,32)22(25,26)27/h4-8,19,30-32H,9H2,1-3H3/t19-,21+/m0/s1. The largest absolute Gasteiger partial charge is 0.505 e. The van der Waals surface area contributed by atoms with Crippen LogP contribution in [0.5, 0.6) is 5.75 Å². The molecule has 0 radical (unpaired) electrons. The van der Waals surface area contributed by atoms with E-state index in [0.717, 1.165) is 18.2 Å². The lowest BCUT2D eigenvalue weighted by molar-refractivity contribution is -0.276. The smallest absolute Gasteiger partial charge is 0.419 e. The molecule has 3 aromatic rings. The summed E-state index contributed by atoms with van der Waals surface area (Å²) in [4.78, 5) is 8.00. The van der Waals surface area contributed by atoms with E-state index in [-0.39, 0.29) is 33.5 Å². The Hall–Kier alpha value is -3.01. The first-order chi connectivity index (χ1) is 14.8. The first-order valence-electron chi connectivity index (χ1n) is 9.75. The van der Waals surface area contributed by atoms with E-state index >= 15 is 0 Å². The Kier molecular flexibility index (Phi) is 4.85. The SMILES string of the molecule is Cc1ncc2c(N[C@H]3c4ccc(F)c(O)c4C(C)(C)C[C@]3(O)C(F)(F)F)ccc(F)c2n1.